The molecule has 2 heterocycles. The minimum atomic E-state index is -0.482. The molecule has 0 aliphatic carbocycles. The molecule has 1 unspecified atom stereocenters. The summed E-state index contributed by atoms with van der Waals surface area (Å²) in [6.45, 7) is 11.4. The molecule has 8 heteroatoms. The van der Waals surface area contributed by atoms with Gasteiger partial charge in [-0.1, -0.05) is 24.3 Å². The van der Waals surface area contributed by atoms with Crippen molar-refractivity contribution >= 4 is 36.0 Å². The van der Waals surface area contributed by atoms with Gasteiger partial charge in [0, 0.05) is 33.2 Å². The molecule has 2 fully saturated rings. The Morgan fingerprint density at radius 3 is 2.39 bits per heavy atom. The van der Waals surface area contributed by atoms with Crippen molar-refractivity contribution in [1.29, 1.82) is 0 Å². The Kier molecular flexibility index (Phi) is 9.87. The van der Waals surface area contributed by atoms with Gasteiger partial charge >= 0.3 is 6.09 Å². The van der Waals surface area contributed by atoms with E-state index in [1.165, 1.54) is 37.1 Å². The van der Waals surface area contributed by atoms with E-state index in [0.29, 0.717) is 0 Å². The lowest BCUT2D eigenvalue weighted by molar-refractivity contribution is 0.0507. The number of carbonyl (C=O) groups excluding carboxylic acids is 1. The third kappa shape index (κ3) is 8.48. The van der Waals surface area contributed by atoms with E-state index in [0.717, 1.165) is 38.6 Å². The number of carbonyl (C=O) groups is 1. The zero-order valence-corrected chi connectivity index (χ0v) is 21.6. The van der Waals surface area contributed by atoms with Crippen LogP contribution in [0.25, 0.3) is 0 Å². The maximum atomic E-state index is 12.0. The highest BCUT2D eigenvalue weighted by atomic mass is 127. The average Bonchev–Trinajstić information content (AvgIpc) is 3.34. The van der Waals surface area contributed by atoms with Crippen LogP contribution in [0.4, 0.5) is 4.79 Å². The van der Waals surface area contributed by atoms with Crippen molar-refractivity contribution in [2.45, 2.75) is 64.8 Å². The highest BCUT2D eigenvalue weighted by molar-refractivity contribution is 14.0. The monoisotopic (exact) mass is 543 g/mol. The fraction of sp³-hybridized carbons (Fsp3) is 0.652. The average molecular weight is 543 g/mol. The van der Waals surface area contributed by atoms with Crippen LogP contribution in [0.15, 0.2) is 29.3 Å². The molecule has 0 spiro atoms. The van der Waals surface area contributed by atoms with E-state index in [4.69, 9.17) is 4.74 Å². The van der Waals surface area contributed by atoms with E-state index >= 15 is 0 Å². The molecule has 2 saturated heterocycles. The highest BCUT2D eigenvalue weighted by Crippen LogP contribution is 2.14. The molecule has 2 aliphatic heterocycles. The number of nitrogens with zero attached hydrogens (tertiary/aromatic N) is 3. The first kappa shape index (κ1) is 25.7. The Labute approximate surface area is 204 Å². The summed E-state index contributed by atoms with van der Waals surface area (Å²) in [6.07, 6.45) is 3.18. The first-order valence-corrected chi connectivity index (χ1v) is 11.1. The molecule has 7 nitrogen and oxygen atoms in total. The second-order valence-electron chi connectivity index (χ2n) is 9.28. The number of hydrogen-bond donors (Lipinski definition) is 2. The number of aliphatic imine (C=N–C) groups is 1. The minimum absolute atomic E-state index is 0. The molecular formula is C23H38IN5O2. The van der Waals surface area contributed by atoms with Crippen LogP contribution in [-0.4, -0.2) is 66.7 Å². The number of halogens is 1. The number of benzene rings is 1. The molecule has 31 heavy (non-hydrogen) atoms. The van der Waals surface area contributed by atoms with Gasteiger partial charge in [0.05, 0.1) is 6.04 Å². The molecule has 1 amide bonds. The van der Waals surface area contributed by atoms with Gasteiger partial charge in [-0.3, -0.25) is 9.89 Å². The number of alkyl carbamates (subject to hydrolysis) is 1. The van der Waals surface area contributed by atoms with E-state index < -0.39 is 5.60 Å². The van der Waals surface area contributed by atoms with Crippen LogP contribution in [0.3, 0.4) is 0 Å². The van der Waals surface area contributed by atoms with Crippen LogP contribution < -0.4 is 10.6 Å². The molecule has 0 aromatic heterocycles. The topological polar surface area (TPSA) is 69.2 Å². The lowest BCUT2D eigenvalue weighted by Gasteiger charge is -2.23. The van der Waals surface area contributed by atoms with Gasteiger partial charge in [-0.25, -0.2) is 4.79 Å². The van der Waals surface area contributed by atoms with E-state index in [-0.39, 0.29) is 36.1 Å². The number of ether oxygens (including phenoxy) is 1. The van der Waals surface area contributed by atoms with Gasteiger partial charge in [0.15, 0.2) is 5.96 Å². The molecule has 2 N–H and O–H groups in total. The van der Waals surface area contributed by atoms with Crippen LogP contribution in [0.2, 0.25) is 0 Å². The summed E-state index contributed by atoms with van der Waals surface area (Å²) in [6, 6.07) is 8.93. The summed E-state index contributed by atoms with van der Waals surface area (Å²) in [5.41, 5.74) is 2.13. The zero-order valence-electron chi connectivity index (χ0n) is 19.3. The first-order chi connectivity index (χ1) is 14.3. The predicted molar refractivity (Wildman–Crippen MR) is 136 cm³/mol. The van der Waals surface area contributed by atoms with Crippen molar-refractivity contribution in [3.05, 3.63) is 35.4 Å². The van der Waals surface area contributed by atoms with Crippen molar-refractivity contribution in [3.63, 3.8) is 0 Å². The molecule has 0 bridgehead atoms. The molecule has 0 radical (unpaired) electrons. The highest BCUT2D eigenvalue weighted by Gasteiger charge is 2.27. The maximum Gasteiger partial charge on any atom is 0.407 e. The van der Waals surface area contributed by atoms with Gasteiger partial charge < -0.3 is 20.3 Å². The SMILES string of the molecule is CN=C(NCc1ccc(CN2CCCC2)cc1)N1CCC(NC(=O)OC(C)(C)C)C1.I. The lowest BCUT2D eigenvalue weighted by Crippen LogP contribution is -2.44. The van der Waals surface area contributed by atoms with E-state index in [1.807, 2.05) is 20.8 Å². The van der Waals surface area contributed by atoms with Gasteiger partial charge in [-0.05, 0) is 64.3 Å². The number of likely N-dealkylation sites (tertiary alicyclic amines) is 2. The normalized spacial score (nSPS) is 19.8. The maximum absolute atomic E-state index is 12.0. The molecule has 3 rings (SSSR count). The standard InChI is InChI=1S/C23H37N5O2.HI/c1-23(2,3)30-22(29)26-20-11-14-28(17-20)21(24-4)25-15-18-7-9-19(10-8-18)16-27-12-5-6-13-27;/h7-10,20H,5-6,11-17H2,1-4H3,(H,24,25)(H,26,29);1H. The van der Waals surface area contributed by atoms with Crippen molar-refractivity contribution in [3.8, 4) is 0 Å². The third-order valence-corrected chi connectivity index (χ3v) is 5.50. The Bertz CT molecular complexity index is 726. The van der Waals surface area contributed by atoms with E-state index in [2.05, 4.69) is 49.7 Å². The predicted octanol–water partition coefficient (Wildman–Crippen LogP) is 3.57. The summed E-state index contributed by atoms with van der Waals surface area (Å²) in [7, 11) is 1.80. The summed E-state index contributed by atoms with van der Waals surface area (Å²) in [5, 5.41) is 6.42. The van der Waals surface area contributed by atoms with Gasteiger partial charge in [0.25, 0.3) is 0 Å². The summed E-state index contributed by atoms with van der Waals surface area (Å²) in [4.78, 5) is 21.1. The number of guanidine groups is 1. The molecule has 0 saturated carbocycles. The van der Waals surface area contributed by atoms with Crippen molar-refractivity contribution < 1.29 is 9.53 Å². The number of nitrogens with one attached hydrogen (secondary N) is 2. The van der Waals surface area contributed by atoms with Crippen molar-refractivity contribution in [1.82, 2.24) is 20.4 Å². The lowest BCUT2D eigenvalue weighted by atomic mass is 10.1. The first-order valence-electron chi connectivity index (χ1n) is 11.1. The summed E-state index contributed by atoms with van der Waals surface area (Å²) >= 11 is 0. The smallest absolute Gasteiger partial charge is 0.407 e. The Morgan fingerprint density at radius 2 is 1.77 bits per heavy atom. The van der Waals surface area contributed by atoms with Gasteiger partial charge in [-0.2, -0.15) is 0 Å². The van der Waals surface area contributed by atoms with Crippen molar-refractivity contribution in [2.24, 2.45) is 4.99 Å². The molecule has 2 aliphatic rings. The number of amides is 1. The van der Waals surface area contributed by atoms with E-state index in [9.17, 15) is 4.79 Å². The number of rotatable bonds is 5. The van der Waals surface area contributed by atoms with Crippen molar-refractivity contribution in [2.75, 3.05) is 33.2 Å². The van der Waals surface area contributed by atoms with E-state index in [1.54, 1.807) is 7.05 Å². The van der Waals surface area contributed by atoms with Gasteiger partial charge in [-0.15, -0.1) is 24.0 Å². The molecule has 1 aromatic carbocycles. The largest absolute Gasteiger partial charge is 0.444 e. The quantitative estimate of drug-likeness (QED) is 0.338. The van der Waals surface area contributed by atoms with Gasteiger partial charge in [0.1, 0.15) is 5.60 Å². The van der Waals surface area contributed by atoms with Crippen LogP contribution >= 0.6 is 24.0 Å². The molecular weight excluding hydrogens is 505 g/mol. The summed E-state index contributed by atoms with van der Waals surface area (Å²) < 4.78 is 5.36. The fourth-order valence-corrected chi connectivity index (χ4v) is 4.02. The Balaban J connectivity index is 0.00000341. The molecule has 174 valence electrons. The molecule has 1 aromatic rings. The minimum Gasteiger partial charge on any atom is -0.444 e. The van der Waals surface area contributed by atoms with Crippen LogP contribution in [0.1, 0.15) is 51.2 Å². The van der Waals surface area contributed by atoms with Gasteiger partial charge in [0.2, 0.25) is 0 Å². The zero-order chi connectivity index (χ0) is 21.6. The molecule has 1 atom stereocenters. The Morgan fingerprint density at radius 1 is 1.13 bits per heavy atom. The Hall–Kier alpha value is -1.55. The summed E-state index contributed by atoms with van der Waals surface area (Å²) in [5.74, 6) is 0.865. The fourth-order valence-electron chi connectivity index (χ4n) is 4.02. The third-order valence-electron chi connectivity index (χ3n) is 5.50. The van der Waals surface area contributed by atoms with Crippen LogP contribution in [0, 0.1) is 0 Å². The second-order valence-corrected chi connectivity index (χ2v) is 9.28. The van der Waals surface area contributed by atoms with Crippen LogP contribution in [0.5, 0.6) is 0 Å². The number of hydrogen-bond acceptors (Lipinski definition) is 4. The second kappa shape index (κ2) is 11.9. The van der Waals surface area contributed by atoms with Crippen LogP contribution in [-0.2, 0) is 17.8 Å².